The third kappa shape index (κ3) is 3.90. The Balaban J connectivity index is 1.85. The largest absolute Gasteiger partial charge is 0.296 e. The second-order valence-corrected chi connectivity index (χ2v) is 7.84. The standard InChI is InChI=1S/C18H17ClN4OS2/c1-9-5-11(3)12(6-10(9)2)14-8-26-18(21-14)23-16(24)15-13(19)7-20-17(22-15)25-4/h5-8H,1-4H3,(H,21,23,24). The Morgan fingerprint density at radius 2 is 1.88 bits per heavy atom. The summed E-state index contributed by atoms with van der Waals surface area (Å²) in [6, 6.07) is 4.27. The molecule has 0 aliphatic carbocycles. The quantitative estimate of drug-likeness (QED) is 0.481. The Morgan fingerprint density at radius 3 is 2.62 bits per heavy atom. The van der Waals surface area contributed by atoms with Crippen molar-refractivity contribution in [3.63, 3.8) is 0 Å². The van der Waals surface area contributed by atoms with Gasteiger partial charge < -0.3 is 0 Å². The first-order valence-corrected chi connectivity index (χ1v) is 10.3. The van der Waals surface area contributed by atoms with Gasteiger partial charge in [0.05, 0.1) is 16.9 Å². The van der Waals surface area contributed by atoms with Gasteiger partial charge in [-0.05, 0) is 49.8 Å². The highest BCUT2D eigenvalue weighted by molar-refractivity contribution is 7.98. The number of thiazole rings is 1. The zero-order chi connectivity index (χ0) is 18.8. The molecule has 1 aromatic carbocycles. The van der Waals surface area contributed by atoms with E-state index >= 15 is 0 Å². The lowest BCUT2D eigenvalue weighted by atomic mass is 9.99. The van der Waals surface area contributed by atoms with Crippen LogP contribution in [0.1, 0.15) is 27.2 Å². The van der Waals surface area contributed by atoms with Gasteiger partial charge in [0, 0.05) is 10.9 Å². The van der Waals surface area contributed by atoms with Crippen LogP contribution in [-0.4, -0.2) is 27.1 Å². The molecule has 5 nitrogen and oxygen atoms in total. The molecule has 3 aromatic rings. The number of nitrogens with zero attached hydrogens (tertiary/aromatic N) is 3. The molecule has 0 atom stereocenters. The van der Waals surface area contributed by atoms with Crippen LogP contribution in [0.25, 0.3) is 11.3 Å². The van der Waals surface area contributed by atoms with Gasteiger partial charge in [0.2, 0.25) is 0 Å². The van der Waals surface area contributed by atoms with E-state index in [-0.39, 0.29) is 10.7 Å². The number of anilines is 1. The van der Waals surface area contributed by atoms with Gasteiger partial charge in [-0.2, -0.15) is 0 Å². The summed E-state index contributed by atoms with van der Waals surface area (Å²) in [5, 5.41) is 5.91. The molecule has 1 N–H and O–H groups in total. The fourth-order valence-electron chi connectivity index (χ4n) is 2.46. The van der Waals surface area contributed by atoms with Crippen molar-refractivity contribution < 1.29 is 4.79 Å². The van der Waals surface area contributed by atoms with Crippen LogP contribution in [0.4, 0.5) is 5.13 Å². The van der Waals surface area contributed by atoms with Crippen molar-refractivity contribution in [3.05, 3.63) is 51.1 Å². The number of amides is 1. The molecule has 0 aliphatic rings. The number of thioether (sulfide) groups is 1. The SMILES string of the molecule is CSc1ncc(Cl)c(C(=O)Nc2nc(-c3cc(C)c(C)cc3C)cs2)n1. The summed E-state index contributed by atoms with van der Waals surface area (Å²) in [4.78, 5) is 25.2. The average molecular weight is 405 g/mol. The third-order valence-electron chi connectivity index (χ3n) is 3.96. The number of rotatable bonds is 4. The van der Waals surface area contributed by atoms with Gasteiger partial charge >= 0.3 is 0 Å². The Hall–Kier alpha value is -1.96. The molecule has 26 heavy (non-hydrogen) atoms. The van der Waals surface area contributed by atoms with E-state index < -0.39 is 5.91 Å². The molecule has 2 aromatic heterocycles. The van der Waals surface area contributed by atoms with Crippen molar-refractivity contribution in [1.29, 1.82) is 0 Å². The van der Waals surface area contributed by atoms with Crippen molar-refractivity contribution in [2.24, 2.45) is 0 Å². The molecule has 0 aliphatic heterocycles. The Bertz CT molecular complexity index is 987. The molecule has 0 saturated heterocycles. The van der Waals surface area contributed by atoms with Gasteiger partial charge in [-0.1, -0.05) is 29.4 Å². The molecule has 0 spiro atoms. The summed E-state index contributed by atoms with van der Waals surface area (Å²) in [6.45, 7) is 6.23. The molecular formula is C18H17ClN4OS2. The molecule has 0 fully saturated rings. The van der Waals surface area contributed by atoms with E-state index in [2.05, 4.69) is 53.2 Å². The molecule has 8 heteroatoms. The lowest BCUT2D eigenvalue weighted by Crippen LogP contribution is -2.15. The van der Waals surface area contributed by atoms with E-state index in [0.29, 0.717) is 10.3 Å². The fraction of sp³-hybridized carbons (Fsp3) is 0.222. The van der Waals surface area contributed by atoms with Crippen molar-refractivity contribution in [1.82, 2.24) is 15.0 Å². The van der Waals surface area contributed by atoms with E-state index in [1.807, 2.05) is 11.6 Å². The number of aryl methyl sites for hydroxylation is 3. The number of aromatic nitrogens is 3. The van der Waals surface area contributed by atoms with Crippen LogP contribution in [0.5, 0.6) is 0 Å². The minimum absolute atomic E-state index is 0.144. The van der Waals surface area contributed by atoms with Crippen molar-refractivity contribution in [2.45, 2.75) is 25.9 Å². The number of hydrogen-bond donors (Lipinski definition) is 1. The van der Waals surface area contributed by atoms with Gasteiger partial charge in [0.15, 0.2) is 16.0 Å². The maximum atomic E-state index is 12.5. The summed E-state index contributed by atoms with van der Waals surface area (Å²) in [6.07, 6.45) is 3.27. The van der Waals surface area contributed by atoms with E-state index in [1.54, 1.807) is 0 Å². The monoisotopic (exact) mass is 404 g/mol. The van der Waals surface area contributed by atoms with E-state index in [1.165, 1.54) is 40.4 Å². The minimum Gasteiger partial charge on any atom is -0.296 e. The number of carbonyl (C=O) groups excluding carboxylic acids is 1. The number of nitrogens with one attached hydrogen (secondary N) is 1. The average Bonchev–Trinajstić information content (AvgIpc) is 3.06. The minimum atomic E-state index is -0.398. The summed E-state index contributed by atoms with van der Waals surface area (Å²) in [5.41, 5.74) is 5.66. The number of carbonyl (C=O) groups is 1. The number of halogens is 1. The highest BCUT2D eigenvalue weighted by atomic mass is 35.5. The molecule has 0 radical (unpaired) electrons. The summed E-state index contributed by atoms with van der Waals surface area (Å²) >= 11 is 8.77. The van der Waals surface area contributed by atoms with Crippen LogP contribution in [-0.2, 0) is 0 Å². The lowest BCUT2D eigenvalue weighted by molar-refractivity contribution is 0.102. The topological polar surface area (TPSA) is 67.8 Å². The highest BCUT2D eigenvalue weighted by Crippen LogP contribution is 2.30. The van der Waals surface area contributed by atoms with Crippen LogP contribution >= 0.6 is 34.7 Å². The summed E-state index contributed by atoms with van der Waals surface area (Å²) < 4.78 is 0. The van der Waals surface area contributed by atoms with E-state index in [0.717, 1.165) is 16.8 Å². The molecule has 0 saturated carbocycles. The third-order valence-corrected chi connectivity index (χ3v) is 5.56. The Morgan fingerprint density at radius 1 is 1.15 bits per heavy atom. The second-order valence-electron chi connectivity index (χ2n) is 5.80. The smallest absolute Gasteiger partial charge is 0.277 e. The predicted molar refractivity (Wildman–Crippen MR) is 109 cm³/mol. The number of hydrogen-bond acceptors (Lipinski definition) is 6. The summed E-state index contributed by atoms with van der Waals surface area (Å²) in [5.74, 6) is -0.398. The first-order chi connectivity index (χ1) is 12.4. The van der Waals surface area contributed by atoms with Gasteiger partial charge in [-0.3, -0.25) is 10.1 Å². The maximum absolute atomic E-state index is 12.5. The van der Waals surface area contributed by atoms with E-state index in [4.69, 9.17) is 11.6 Å². The molecular weight excluding hydrogens is 388 g/mol. The molecule has 3 rings (SSSR count). The van der Waals surface area contributed by atoms with Gasteiger partial charge in [-0.25, -0.2) is 15.0 Å². The Kier molecular flexibility index (Phi) is 5.60. The zero-order valence-corrected chi connectivity index (χ0v) is 17.1. The van der Waals surface area contributed by atoms with Gasteiger partial charge in [-0.15, -0.1) is 11.3 Å². The van der Waals surface area contributed by atoms with Crippen molar-refractivity contribution >= 4 is 45.7 Å². The number of benzene rings is 1. The molecule has 0 bridgehead atoms. The van der Waals surface area contributed by atoms with Crippen molar-refractivity contribution in [2.75, 3.05) is 11.6 Å². The van der Waals surface area contributed by atoms with Crippen molar-refractivity contribution in [3.8, 4) is 11.3 Å². The van der Waals surface area contributed by atoms with Crippen LogP contribution in [0.2, 0.25) is 5.02 Å². The normalized spacial score (nSPS) is 10.8. The van der Waals surface area contributed by atoms with Gasteiger partial charge in [0.25, 0.3) is 5.91 Å². The second kappa shape index (κ2) is 7.73. The maximum Gasteiger partial charge on any atom is 0.277 e. The lowest BCUT2D eigenvalue weighted by Gasteiger charge is -2.07. The van der Waals surface area contributed by atoms with Crippen LogP contribution < -0.4 is 5.32 Å². The molecule has 2 heterocycles. The predicted octanol–water partition coefficient (Wildman–Crippen LogP) is 5.15. The highest BCUT2D eigenvalue weighted by Gasteiger charge is 2.16. The Labute approximate surface area is 165 Å². The van der Waals surface area contributed by atoms with Crippen LogP contribution in [0.3, 0.4) is 0 Å². The molecule has 1 amide bonds. The molecule has 0 unspecified atom stereocenters. The van der Waals surface area contributed by atoms with Gasteiger partial charge in [0.1, 0.15) is 0 Å². The molecule has 134 valence electrons. The fourth-order valence-corrected chi connectivity index (χ4v) is 3.68. The zero-order valence-electron chi connectivity index (χ0n) is 14.8. The van der Waals surface area contributed by atoms with Crippen LogP contribution in [0, 0.1) is 20.8 Å². The summed E-state index contributed by atoms with van der Waals surface area (Å²) in [7, 11) is 0. The first-order valence-electron chi connectivity index (χ1n) is 7.80. The van der Waals surface area contributed by atoms with E-state index in [9.17, 15) is 4.79 Å². The van der Waals surface area contributed by atoms with Crippen LogP contribution in [0.15, 0.2) is 28.9 Å². The first kappa shape index (κ1) is 18.8.